The number of nitrogens with zero attached hydrogens (tertiary/aromatic N) is 3. The minimum Gasteiger partial charge on any atom is -0.300 e. The molecule has 0 fully saturated rings. The lowest BCUT2D eigenvalue weighted by Gasteiger charge is -2.05. The molecule has 0 amide bonds. The third-order valence-electron chi connectivity index (χ3n) is 4.29. The summed E-state index contributed by atoms with van der Waals surface area (Å²) in [7, 11) is 0. The molecule has 4 nitrogen and oxygen atoms in total. The van der Waals surface area contributed by atoms with Crippen molar-refractivity contribution in [1.82, 2.24) is 14.0 Å². The second-order valence-electron chi connectivity index (χ2n) is 6.13. The van der Waals surface area contributed by atoms with Crippen LogP contribution in [-0.4, -0.2) is 14.0 Å². The van der Waals surface area contributed by atoms with Gasteiger partial charge < -0.3 is 4.40 Å². The maximum Gasteiger partial charge on any atom is 0.298 e. The molecule has 2 aromatic carbocycles. The molecular formula is C20H16ClN3O. The van der Waals surface area contributed by atoms with E-state index >= 15 is 0 Å². The fourth-order valence-electron chi connectivity index (χ4n) is 2.93. The third kappa shape index (κ3) is 2.75. The van der Waals surface area contributed by atoms with Crippen LogP contribution in [0.4, 0.5) is 0 Å². The topological polar surface area (TPSA) is 39.3 Å². The van der Waals surface area contributed by atoms with Crippen molar-refractivity contribution in [3.8, 4) is 16.9 Å². The number of benzene rings is 2. The highest BCUT2D eigenvalue weighted by atomic mass is 35.5. The third-order valence-corrected chi connectivity index (χ3v) is 4.54. The van der Waals surface area contributed by atoms with Gasteiger partial charge in [-0.05, 0) is 49.7 Å². The van der Waals surface area contributed by atoms with Gasteiger partial charge in [0.05, 0.1) is 5.69 Å². The molecule has 0 aliphatic rings. The van der Waals surface area contributed by atoms with Crippen LogP contribution < -0.4 is 5.56 Å². The smallest absolute Gasteiger partial charge is 0.298 e. The summed E-state index contributed by atoms with van der Waals surface area (Å²) < 4.78 is 3.34. The van der Waals surface area contributed by atoms with Gasteiger partial charge in [-0.2, -0.15) is 0 Å². The van der Waals surface area contributed by atoms with Crippen LogP contribution in [-0.2, 0) is 0 Å². The summed E-state index contributed by atoms with van der Waals surface area (Å²) in [5.41, 5.74) is 5.12. The van der Waals surface area contributed by atoms with Crippen molar-refractivity contribution >= 4 is 17.2 Å². The molecule has 0 unspecified atom stereocenters. The largest absolute Gasteiger partial charge is 0.300 e. The minimum atomic E-state index is -0.165. The summed E-state index contributed by atoms with van der Waals surface area (Å²) in [5, 5.41) is 0.635. The highest BCUT2D eigenvalue weighted by Gasteiger charge is 2.12. The first kappa shape index (κ1) is 15.7. The number of imidazole rings is 1. The van der Waals surface area contributed by atoms with E-state index in [-0.39, 0.29) is 5.56 Å². The fourth-order valence-corrected chi connectivity index (χ4v) is 3.05. The molecule has 0 spiro atoms. The van der Waals surface area contributed by atoms with Crippen molar-refractivity contribution in [1.29, 1.82) is 0 Å². The van der Waals surface area contributed by atoms with Crippen molar-refractivity contribution in [3.05, 3.63) is 87.6 Å². The summed E-state index contributed by atoms with van der Waals surface area (Å²) in [4.78, 5) is 17.4. The summed E-state index contributed by atoms with van der Waals surface area (Å²) in [6.07, 6.45) is 5.48. The molecule has 5 heteroatoms. The van der Waals surface area contributed by atoms with Gasteiger partial charge in [-0.3, -0.25) is 9.36 Å². The van der Waals surface area contributed by atoms with Crippen LogP contribution in [0.5, 0.6) is 0 Å². The van der Waals surface area contributed by atoms with E-state index < -0.39 is 0 Å². The minimum absolute atomic E-state index is 0.165. The quantitative estimate of drug-likeness (QED) is 0.537. The Labute approximate surface area is 150 Å². The Morgan fingerprint density at radius 2 is 1.76 bits per heavy atom. The van der Waals surface area contributed by atoms with E-state index in [0.717, 1.165) is 28.1 Å². The van der Waals surface area contributed by atoms with E-state index in [1.165, 1.54) is 0 Å². The Hall–Kier alpha value is -2.85. The van der Waals surface area contributed by atoms with Gasteiger partial charge in [-0.15, -0.1) is 0 Å². The Bertz CT molecular complexity index is 1140. The van der Waals surface area contributed by atoms with Crippen LogP contribution in [0, 0.1) is 13.8 Å². The Morgan fingerprint density at radius 1 is 1.00 bits per heavy atom. The van der Waals surface area contributed by atoms with E-state index in [0.29, 0.717) is 10.7 Å². The zero-order chi connectivity index (χ0) is 17.6. The first-order valence-electron chi connectivity index (χ1n) is 7.97. The predicted octanol–water partition coefficient (Wildman–Crippen LogP) is 4.42. The van der Waals surface area contributed by atoms with Crippen LogP contribution in [0.25, 0.3) is 22.6 Å². The molecule has 0 atom stereocenters. The van der Waals surface area contributed by atoms with Gasteiger partial charge in [0.2, 0.25) is 5.65 Å². The lowest BCUT2D eigenvalue weighted by Crippen LogP contribution is -2.19. The molecule has 0 saturated heterocycles. The Morgan fingerprint density at radius 3 is 2.52 bits per heavy atom. The number of hydrogen-bond donors (Lipinski definition) is 0. The number of aryl methyl sites for hydroxylation is 2. The van der Waals surface area contributed by atoms with Crippen molar-refractivity contribution in [3.63, 3.8) is 0 Å². The first-order chi connectivity index (χ1) is 12.0. The maximum absolute atomic E-state index is 12.9. The summed E-state index contributed by atoms with van der Waals surface area (Å²) in [6, 6.07) is 13.4. The van der Waals surface area contributed by atoms with E-state index in [1.54, 1.807) is 27.3 Å². The van der Waals surface area contributed by atoms with Gasteiger partial charge in [0, 0.05) is 34.9 Å². The molecule has 25 heavy (non-hydrogen) atoms. The standard InChI is InChI=1S/C20H16ClN3O/c1-13-3-4-14(2)17(11-13)18-12-23-9-10-24(20(25)19(23)22-18)16-7-5-15(21)6-8-16/h3-12H,1-2H3. The second-order valence-corrected chi connectivity index (χ2v) is 6.56. The summed E-state index contributed by atoms with van der Waals surface area (Å²) in [5.74, 6) is 0. The molecule has 2 heterocycles. The zero-order valence-corrected chi connectivity index (χ0v) is 14.7. The Kier molecular flexibility index (Phi) is 3.70. The average molecular weight is 350 g/mol. The molecule has 0 saturated carbocycles. The van der Waals surface area contributed by atoms with Gasteiger partial charge in [0.25, 0.3) is 5.56 Å². The van der Waals surface area contributed by atoms with Crippen LogP contribution in [0.1, 0.15) is 11.1 Å². The van der Waals surface area contributed by atoms with Gasteiger partial charge in [-0.1, -0.05) is 29.3 Å². The number of hydrogen-bond acceptors (Lipinski definition) is 2. The molecule has 0 N–H and O–H groups in total. The monoisotopic (exact) mass is 349 g/mol. The molecule has 0 aliphatic carbocycles. The molecule has 0 aliphatic heterocycles. The highest BCUT2D eigenvalue weighted by Crippen LogP contribution is 2.23. The number of fused-ring (bicyclic) bond motifs is 1. The molecule has 0 bridgehead atoms. The normalized spacial score (nSPS) is 11.2. The maximum atomic E-state index is 12.9. The van der Waals surface area contributed by atoms with Crippen LogP contribution in [0.15, 0.2) is 65.8 Å². The first-order valence-corrected chi connectivity index (χ1v) is 8.35. The number of rotatable bonds is 2. The summed E-state index contributed by atoms with van der Waals surface area (Å²) >= 11 is 5.93. The van der Waals surface area contributed by atoms with E-state index in [4.69, 9.17) is 11.6 Å². The highest BCUT2D eigenvalue weighted by molar-refractivity contribution is 6.30. The molecule has 124 valence electrons. The lowest BCUT2D eigenvalue weighted by molar-refractivity contribution is 0.950. The van der Waals surface area contributed by atoms with Gasteiger partial charge in [0.1, 0.15) is 0 Å². The molecule has 0 radical (unpaired) electrons. The van der Waals surface area contributed by atoms with Gasteiger partial charge in [-0.25, -0.2) is 4.98 Å². The molecule has 2 aromatic heterocycles. The summed E-state index contributed by atoms with van der Waals surface area (Å²) in [6.45, 7) is 4.09. The molecular weight excluding hydrogens is 334 g/mol. The lowest BCUT2D eigenvalue weighted by atomic mass is 10.0. The van der Waals surface area contributed by atoms with Gasteiger partial charge in [0.15, 0.2) is 0 Å². The van der Waals surface area contributed by atoms with Crippen LogP contribution in [0.3, 0.4) is 0 Å². The molecule has 4 aromatic rings. The second kappa shape index (κ2) is 5.90. The number of halogens is 1. The fraction of sp³-hybridized carbons (Fsp3) is 0.100. The number of aromatic nitrogens is 3. The van der Waals surface area contributed by atoms with Crippen molar-refractivity contribution in [2.24, 2.45) is 0 Å². The zero-order valence-electron chi connectivity index (χ0n) is 13.9. The SMILES string of the molecule is Cc1ccc(C)c(-c2cn3ccn(-c4ccc(Cl)cc4)c(=O)c3n2)c1. The van der Waals surface area contributed by atoms with Crippen LogP contribution in [0.2, 0.25) is 5.02 Å². The van der Waals surface area contributed by atoms with E-state index in [2.05, 4.69) is 23.2 Å². The van der Waals surface area contributed by atoms with Gasteiger partial charge >= 0.3 is 0 Å². The predicted molar refractivity (Wildman–Crippen MR) is 101 cm³/mol. The van der Waals surface area contributed by atoms with Crippen LogP contribution >= 0.6 is 11.6 Å². The van der Waals surface area contributed by atoms with E-state index in [1.807, 2.05) is 38.4 Å². The Balaban J connectivity index is 1.90. The molecule has 4 rings (SSSR count). The van der Waals surface area contributed by atoms with Crippen molar-refractivity contribution in [2.75, 3.05) is 0 Å². The van der Waals surface area contributed by atoms with Crippen molar-refractivity contribution < 1.29 is 0 Å². The van der Waals surface area contributed by atoms with Crippen molar-refractivity contribution in [2.45, 2.75) is 13.8 Å². The van der Waals surface area contributed by atoms with E-state index in [9.17, 15) is 4.79 Å². The average Bonchev–Trinajstić information content (AvgIpc) is 3.03.